The lowest BCUT2D eigenvalue weighted by molar-refractivity contribution is -0.136. The maximum Gasteiger partial charge on any atom is 0.337 e. The monoisotopic (exact) mass is 559 g/mol. The molecule has 0 saturated carbocycles. The fourth-order valence-corrected chi connectivity index (χ4v) is 6.33. The Balaban J connectivity index is 1.73. The van der Waals surface area contributed by atoms with E-state index in [9.17, 15) is 9.59 Å². The third-order valence-corrected chi connectivity index (χ3v) is 8.00. The summed E-state index contributed by atoms with van der Waals surface area (Å²) in [6.45, 7) is 11.1. The van der Waals surface area contributed by atoms with E-state index in [1.54, 1.807) is 10.6 Å². The van der Waals surface area contributed by atoms with Crippen LogP contribution in [0.4, 0.5) is 0 Å². The number of hydrogen-bond donors (Lipinski definition) is 0. The second-order valence-electron chi connectivity index (χ2n) is 9.73. The molecule has 0 amide bonds. The van der Waals surface area contributed by atoms with E-state index in [-0.39, 0.29) is 17.2 Å². The van der Waals surface area contributed by atoms with Crippen LogP contribution < -0.4 is 24.4 Å². The number of aromatic nitrogens is 2. The first-order chi connectivity index (χ1) is 19.3. The summed E-state index contributed by atoms with van der Waals surface area (Å²) in [5.41, 5.74) is 3.94. The first-order valence-electron chi connectivity index (χ1n) is 13.4. The van der Waals surface area contributed by atoms with Crippen LogP contribution >= 0.6 is 11.3 Å². The van der Waals surface area contributed by atoms with Gasteiger partial charge in [-0.1, -0.05) is 35.6 Å². The van der Waals surface area contributed by atoms with Crippen molar-refractivity contribution in [3.8, 4) is 11.5 Å². The summed E-state index contributed by atoms with van der Waals surface area (Å²) >= 11 is 1.30. The molecule has 0 fully saturated rings. The highest BCUT2D eigenvalue weighted by molar-refractivity contribution is 7.07. The smallest absolute Gasteiger partial charge is 0.337 e. The standard InChI is InChI=1S/C31H33N3O5S/c1-7-38-25-14-13-20(15-26(25)39-8-2)28-23(30(36)37-6)17-32-31-34(28)29(35)27(40-31)16-22-19(5)33(18(3)4)24-12-10-9-11-21(22)24/h9-18,28H,7-8H2,1-6H3/b27-16+/t28-/m1/s1. The molecule has 0 bridgehead atoms. The molecule has 9 heteroatoms. The molecule has 1 atom stereocenters. The van der Waals surface area contributed by atoms with Crippen LogP contribution in [0, 0.1) is 6.92 Å². The highest BCUT2D eigenvalue weighted by Gasteiger charge is 2.31. The number of rotatable bonds is 8. The fraction of sp³-hybridized carbons (Fsp3) is 0.323. The number of thiazole rings is 1. The van der Waals surface area contributed by atoms with Crippen LogP contribution in [0.15, 0.2) is 64.0 Å². The summed E-state index contributed by atoms with van der Waals surface area (Å²) in [5.74, 6) is 0.592. The molecule has 0 unspecified atom stereocenters. The van der Waals surface area contributed by atoms with Crippen LogP contribution in [-0.2, 0) is 9.53 Å². The molecule has 3 heterocycles. The zero-order chi connectivity index (χ0) is 28.6. The van der Waals surface area contributed by atoms with Gasteiger partial charge in [-0.15, -0.1) is 0 Å². The Hall–Kier alpha value is -4.11. The Morgan fingerprint density at radius 2 is 1.82 bits per heavy atom. The van der Waals surface area contributed by atoms with E-state index in [0.717, 1.165) is 22.2 Å². The lowest BCUT2D eigenvalue weighted by Crippen LogP contribution is -2.39. The lowest BCUT2D eigenvalue weighted by atomic mass is 9.97. The fourth-order valence-electron chi connectivity index (χ4n) is 5.38. The number of fused-ring (bicyclic) bond motifs is 2. The van der Waals surface area contributed by atoms with Crippen LogP contribution in [0.5, 0.6) is 11.5 Å². The second-order valence-corrected chi connectivity index (χ2v) is 10.7. The van der Waals surface area contributed by atoms with Crippen molar-refractivity contribution < 1.29 is 19.0 Å². The predicted molar refractivity (Wildman–Crippen MR) is 157 cm³/mol. The summed E-state index contributed by atoms with van der Waals surface area (Å²) in [6.07, 6.45) is 3.45. The van der Waals surface area contributed by atoms with Gasteiger partial charge in [0, 0.05) is 34.4 Å². The van der Waals surface area contributed by atoms with Gasteiger partial charge < -0.3 is 18.8 Å². The highest BCUT2D eigenvalue weighted by atomic mass is 32.1. The number of nitrogens with zero attached hydrogens (tertiary/aromatic N) is 3. The molecule has 1 aliphatic rings. The van der Waals surface area contributed by atoms with Crippen molar-refractivity contribution in [1.29, 1.82) is 0 Å². The van der Waals surface area contributed by atoms with Gasteiger partial charge in [0.15, 0.2) is 16.3 Å². The van der Waals surface area contributed by atoms with E-state index in [1.165, 1.54) is 24.6 Å². The number of carbonyl (C=O) groups excluding carboxylic acids is 1. The van der Waals surface area contributed by atoms with E-state index in [1.807, 2.05) is 44.2 Å². The number of benzene rings is 2. The molecule has 4 aromatic rings. The maximum absolute atomic E-state index is 14.1. The van der Waals surface area contributed by atoms with Gasteiger partial charge in [0.1, 0.15) is 0 Å². The van der Waals surface area contributed by atoms with Crippen molar-refractivity contribution in [2.24, 2.45) is 4.99 Å². The summed E-state index contributed by atoms with van der Waals surface area (Å²) < 4.78 is 21.1. The van der Waals surface area contributed by atoms with Gasteiger partial charge in [0.2, 0.25) is 0 Å². The van der Waals surface area contributed by atoms with Gasteiger partial charge in [-0.2, -0.15) is 0 Å². The Kier molecular flexibility index (Phi) is 7.67. The SMILES string of the molecule is CCOc1ccc([C@@H]2C(C(=O)OC)=CN=c3s/c(=C/c4c(C)n(C(C)C)c5ccccc45)c(=O)n32)cc1OCC. The second kappa shape index (κ2) is 11.2. The first kappa shape index (κ1) is 27.5. The number of methoxy groups -OCH3 is 1. The molecule has 0 radical (unpaired) electrons. The summed E-state index contributed by atoms with van der Waals surface area (Å²) in [7, 11) is 1.32. The van der Waals surface area contributed by atoms with E-state index < -0.39 is 12.0 Å². The molecule has 2 aromatic heterocycles. The van der Waals surface area contributed by atoms with E-state index in [2.05, 4.69) is 42.5 Å². The number of esters is 1. The van der Waals surface area contributed by atoms with Crippen molar-refractivity contribution in [3.63, 3.8) is 0 Å². The van der Waals surface area contributed by atoms with E-state index in [4.69, 9.17) is 14.2 Å². The number of para-hydroxylation sites is 1. The molecule has 5 rings (SSSR count). The Bertz CT molecular complexity index is 1810. The molecule has 0 N–H and O–H groups in total. The minimum Gasteiger partial charge on any atom is -0.490 e. The minimum atomic E-state index is -0.737. The molecule has 0 spiro atoms. The zero-order valence-corrected chi connectivity index (χ0v) is 24.4. The van der Waals surface area contributed by atoms with Crippen LogP contribution in [0.1, 0.15) is 56.6 Å². The van der Waals surface area contributed by atoms with Crippen molar-refractivity contribution in [2.75, 3.05) is 20.3 Å². The summed E-state index contributed by atoms with van der Waals surface area (Å²) in [4.78, 5) is 32.0. The molecule has 8 nitrogen and oxygen atoms in total. The van der Waals surface area contributed by atoms with Crippen LogP contribution in [0.3, 0.4) is 0 Å². The van der Waals surface area contributed by atoms with Crippen LogP contribution in [0.2, 0.25) is 0 Å². The molecule has 1 aliphatic heterocycles. The average molecular weight is 560 g/mol. The molecular weight excluding hydrogens is 526 g/mol. The van der Waals surface area contributed by atoms with Crippen molar-refractivity contribution in [2.45, 2.75) is 46.7 Å². The molecule has 208 valence electrons. The normalized spacial score (nSPS) is 15.1. The summed E-state index contributed by atoms with van der Waals surface area (Å²) in [6, 6.07) is 13.2. The Labute approximate surface area is 236 Å². The zero-order valence-electron chi connectivity index (χ0n) is 23.6. The Morgan fingerprint density at radius 3 is 2.52 bits per heavy atom. The summed E-state index contributed by atoms with van der Waals surface area (Å²) in [5, 5.41) is 1.08. The molecule has 2 aromatic carbocycles. The first-order valence-corrected chi connectivity index (χ1v) is 14.2. The number of carbonyl (C=O) groups is 1. The topological polar surface area (TPSA) is 84.0 Å². The highest BCUT2D eigenvalue weighted by Crippen LogP contribution is 2.35. The van der Waals surface area contributed by atoms with Crippen molar-refractivity contribution in [3.05, 3.63) is 90.7 Å². The third-order valence-electron chi connectivity index (χ3n) is 7.00. The van der Waals surface area contributed by atoms with Gasteiger partial charge in [-0.05, 0) is 64.5 Å². The quantitative estimate of drug-likeness (QED) is 0.293. The van der Waals surface area contributed by atoms with Gasteiger partial charge >= 0.3 is 5.97 Å². The van der Waals surface area contributed by atoms with Crippen molar-refractivity contribution in [1.82, 2.24) is 9.13 Å². The molecular formula is C31H33N3O5S. The van der Waals surface area contributed by atoms with Crippen LogP contribution in [0.25, 0.3) is 17.0 Å². The average Bonchev–Trinajstić information content (AvgIpc) is 3.42. The van der Waals surface area contributed by atoms with Crippen LogP contribution in [-0.4, -0.2) is 35.4 Å². The van der Waals surface area contributed by atoms with Gasteiger partial charge in [0.05, 0.1) is 36.5 Å². The third kappa shape index (κ3) is 4.64. The molecule has 0 aliphatic carbocycles. The molecule has 40 heavy (non-hydrogen) atoms. The number of ether oxygens (including phenoxy) is 3. The minimum absolute atomic E-state index is 0.226. The molecule has 0 saturated heterocycles. The Morgan fingerprint density at radius 1 is 1.10 bits per heavy atom. The van der Waals surface area contributed by atoms with E-state index >= 15 is 0 Å². The van der Waals surface area contributed by atoms with Gasteiger partial charge in [-0.3, -0.25) is 9.36 Å². The largest absolute Gasteiger partial charge is 0.490 e. The number of hydrogen-bond acceptors (Lipinski definition) is 7. The van der Waals surface area contributed by atoms with Gasteiger partial charge in [0.25, 0.3) is 5.56 Å². The van der Waals surface area contributed by atoms with E-state index in [0.29, 0.717) is 39.6 Å². The maximum atomic E-state index is 14.1. The van der Waals surface area contributed by atoms with Crippen molar-refractivity contribution >= 4 is 34.3 Å². The predicted octanol–water partition coefficient (Wildman–Crippen LogP) is 4.66. The lowest BCUT2D eigenvalue weighted by Gasteiger charge is -2.23. The van der Waals surface area contributed by atoms with Gasteiger partial charge in [-0.25, -0.2) is 9.79 Å².